The molecule has 15 nitrogen and oxygen atoms in total. The summed E-state index contributed by atoms with van der Waals surface area (Å²) in [7, 11) is 1.54. The number of aliphatic imine (C=N–C) groups is 1. The second-order valence-corrected chi connectivity index (χ2v) is 16.9. The van der Waals surface area contributed by atoms with Gasteiger partial charge in [0.05, 0.1) is 54.9 Å². The first-order valence-electron chi connectivity index (χ1n) is 22.2. The average Bonchev–Trinajstić information content (AvgIpc) is 3.92. The van der Waals surface area contributed by atoms with Crippen LogP contribution in [0, 0.1) is 6.92 Å². The van der Waals surface area contributed by atoms with Gasteiger partial charge in [0.2, 0.25) is 0 Å². The van der Waals surface area contributed by atoms with E-state index < -0.39 is 18.4 Å². The molecule has 15 heteroatoms. The van der Waals surface area contributed by atoms with Gasteiger partial charge in [0.25, 0.3) is 23.6 Å². The number of aryl methyl sites for hydroxylation is 1. The molecule has 0 bridgehead atoms. The number of aliphatic hydroxyl groups excluding tert-OH is 1. The van der Waals surface area contributed by atoms with E-state index in [0.717, 1.165) is 35.3 Å². The Bertz CT molecular complexity index is 2210. The van der Waals surface area contributed by atoms with Crippen LogP contribution in [-0.2, 0) is 14.3 Å². The highest BCUT2D eigenvalue weighted by Crippen LogP contribution is 2.41. The van der Waals surface area contributed by atoms with Gasteiger partial charge < -0.3 is 33.9 Å². The maximum Gasteiger partial charge on any atom is 0.416 e. The minimum atomic E-state index is -1.41. The molecule has 2 fully saturated rings. The average molecular weight is 880 g/mol. The number of anilines is 1. The fourth-order valence-corrected chi connectivity index (χ4v) is 8.33. The van der Waals surface area contributed by atoms with Crippen LogP contribution in [0.25, 0.3) is 0 Å². The Balaban J connectivity index is 0.00000220. The van der Waals surface area contributed by atoms with E-state index in [1.54, 1.807) is 40.3 Å². The molecule has 5 aliphatic rings. The van der Waals surface area contributed by atoms with Crippen LogP contribution < -0.4 is 19.1 Å². The minimum Gasteiger partial charge on any atom is -0.493 e. The molecule has 0 aliphatic carbocycles. The molecule has 2 saturated heterocycles. The number of hydrogen-bond donors (Lipinski definition) is 1. The number of rotatable bonds is 17. The molecule has 5 aliphatic heterocycles. The van der Waals surface area contributed by atoms with Crippen molar-refractivity contribution < 1.29 is 48.0 Å². The van der Waals surface area contributed by atoms with Gasteiger partial charge in [-0.25, -0.2) is 9.69 Å². The third kappa shape index (κ3) is 10.8. The van der Waals surface area contributed by atoms with Crippen molar-refractivity contribution in [2.24, 2.45) is 4.99 Å². The van der Waals surface area contributed by atoms with Gasteiger partial charge in [0.15, 0.2) is 17.7 Å². The second-order valence-electron chi connectivity index (χ2n) is 16.9. The van der Waals surface area contributed by atoms with Gasteiger partial charge >= 0.3 is 6.09 Å². The van der Waals surface area contributed by atoms with Crippen molar-refractivity contribution in [3.8, 4) is 17.2 Å². The van der Waals surface area contributed by atoms with Crippen LogP contribution >= 0.6 is 0 Å². The number of ether oxygens (including phenoxy) is 4. The summed E-state index contributed by atoms with van der Waals surface area (Å²) in [4.78, 5) is 74.9. The Kier molecular flexibility index (Phi) is 15.8. The Morgan fingerprint density at radius 1 is 0.812 bits per heavy atom. The van der Waals surface area contributed by atoms with E-state index in [9.17, 15) is 29.1 Å². The highest BCUT2D eigenvalue weighted by atomic mass is 16.6. The van der Waals surface area contributed by atoms with E-state index >= 15 is 0 Å². The van der Waals surface area contributed by atoms with Crippen LogP contribution in [0.1, 0.15) is 104 Å². The number of carbonyl (C=O) groups excluding carboxylic acids is 5. The number of nitrogens with zero attached hydrogens (tertiary/aromatic N) is 5. The molecule has 7 rings (SSSR count). The molecule has 64 heavy (non-hydrogen) atoms. The molecule has 0 spiro atoms. The Labute approximate surface area is 375 Å². The van der Waals surface area contributed by atoms with Crippen molar-refractivity contribution in [2.45, 2.75) is 103 Å². The fraction of sp³-hybridized carbons (Fsp3) is 0.469. The molecule has 0 unspecified atom stereocenters. The lowest BCUT2D eigenvalue weighted by Gasteiger charge is -2.31. The van der Waals surface area contributed by atoms with Crippen LogP contribution in [0.5, 0.6) is 17.2 Å². The number of benzene rings is 2. The topological polar surface area (TPSA) is 168 Å². The summed E-state index contributed by atoms with van der Waals surface area (Å²) in [6.45, 7) is 20.0. The second kappa shape index (κ2) is 21.4. The summed E-state index contributed by atoms with van der Waals surface area (Å²) in [6.07, 6.45) is 9.18. The third-order valence-electron chi connectivity index (χ3n) is 11.6. The number of fused-ring (bicyclic) bond motifs is 4. The molecule has 2 aromatic carbocycles. The number of aliphatic hydroxyl groups is 1. The Morgan fingerprint density at radius 3 is 2.16 bits per heavy atom. The summed E-state index contributed by atoms with van der Waals surface area (Å²) in [5.41, 5.74) is 4.56. The first kappa shape index (κ1) is 47.3. The van der Waals surface area contributed by atoms with E-state index in [0.29, 0.717) is 104 Å². The third-order valence-corrected chi connectivity index (χ3v) is 11.6. The monoisotopic (exact) mass is 879 g/mol. The highest BCUT2D eigenvalue weighted by molar-refractivity contribution is 6.13. The first-order valence-corrected chi connectivity index (χ1v) is 22.2. The smallest absolute Gasteiger partial charge is 0.416 e. The number of carbonyl (C=O) groups is 5. The summed E-state index contributed by atoms with van der Waals surface area (Å²) in [6, 6.07) is 5.91. The standard InChI is InChI=1S/C46H53N5O10.C3H8/c1-28(12-8-6-9-15-48-41(52)13-14-42(48)53)27-61-46(57)51-36-23-38(31(4)20-34(36)44(55)50-26-30(3)19-37(50)45(51)56)59-16-10-7-11-17-60-40-22-35-33(21-39(40)58-5)43(54)49-25-29(2)18-32(49)24-47-35;1-3-2/h13-14,20-24,32,37,45,56H,1-3,6-12,15-19,25-27H2,4-5H3;3H2,1-2H3/t32-,37-,45-;/m0./s1. The van der Waals surface area contributed by atoms with Crippen molar-refractivity contribution in [3.05, 3.63) is 89.6 Å². The molecular weight excluding hydrogens is 819 g/mol. The Morgan fingerprint density at radius 2 is 1.45 bits per heavy atom. The molecule has 2 aromatic rings. The van der Waals surface area contributed by atoms with Crippen LogP contribution in [0.4, 0.5) is 16.2 Å². The van der Waals surface area contributed by atoms with Gasteiger partial charge in [0.1, 0.15) is 12.4 Å². The van der Waals surface area contributed by atoms with Crippen molar-refractivity contribution in [1.29, 1.82) is 0 Å². The normalized spacial score (nSPS) is 19.7. The van der Waals surface area contributed by atoms with E-state index in [1.165, 1.54) is 30.6 Å². The molecule has 3 atom stereocenters. The predicted octanol–water partition coefficient (Wildman–Crippen LogP) is 7.62. The molecule has 1 N–H and O–H groups in total. The summed E-state index contributed by atoms with van der Waals surface area (Å²) in [5, 5.41) is 11.7. The summed E-state index contributed by atoms with van der Waals surface area (Å²) < 4.78 is 23.6. The van der Waals surface area contributed by atoms with Gasteiger partial charge in [-0.2, -0.15) is 0 Å². The summed E-state index contributed by atoms with van der Waals surface area (Å²) in [5.74, 6) is 0.382. The van der Waals surface area contributed by atoms with Crippen molar-refractivity contribution in [1.82, 2.24) is 14.7 Å². The van der Waals surface area contributed by atoms with Crippen LogP contribution in [-0.4, -0.2) is 121 Å². The van der Waals surface area contributed by atoms with Gasteiger partial charge in [-0.15, -0.1) is 0 Å². The van der Waals surface area contributed by atoms with E-state index in [1.807, 2.05) is 6.92 Å². The lowest BCUT2D eigenvalue weighted by atomic mass is 10.1. The zero-order valence-electron chi connectivity index (χ0n) is 37.6. The molecule has 0 radical (unpaired) electrons. The maximum absolute atomic E-state index is 13.9. The lowest BCUT2D eigenvalue weighted by Crippen LogP contribution is -2.51. The van der Waals surface area contributed by atoms with Crippen molar-refractivity contribution in [3.63, 3.8) is 0 Å². The molecule has 5 heterocycles. The van der Waals surface area contributed by atoms with E-state index in [4.69, 9.17) is 18.9 Å². The number of imide groups is 1. The van der Waals surface area contributed by atoms with Crippen LogP contribution in [0.15, 0.2) is 77.9 Å². The van der Waals surface area contributed by atoms with Crippen LogP contribution in [0.2, 0.25) is 0 Å². The molecule has 5 amide bonds. The number of methoxy groups -OCH3 is 1. The highest BCUT2D eigenvalue weighted by Gasteiger charge is 2.46. The van der Waals surface area contributed by atoms with E-state index in [2.05, 4.69) is 38.6 Å². The van der Waals surface area contributed by atoms with Crippen molar-refractivity contribution in [2.75, 3.05) is 51.5 Å². The van der Waals surface area contributed by atoms with Gasteiger partial charge in [-0.1, -0.05) is 57.6 Å². The fourth-order valence-electron chi connectivity index (χ4n) is 8.33. The first-order chi connectivity index (χ1) is 30.8. The zero-order chi connectivity index (χ0) is 46.1. The molecule has 0 aromatic heterocycles. The van der Waals surface area contributed by atoms with Gasteiger partial charge in [0, 0.05) is 50.1 Å². The van der Waals surface area contributed by atoms with Crippen LogP contribution in [0.3, 0.4) is 0 Å². The molecule has 342 valence electrons. The minimum absolute atomic E-state index is 0.0960. The SMILES string of the molecule is C=C(CCCCCN1C(=O)C=CC1=O)COC(=O)N1c2cc(OCCCCCOc3cc4c(cc3OC)C(=O)N3CC(=C)C[C@H]3C=N4)c(C)cc2C(=O)N2CC(=C)C[C@H]2[C@@H]1O.CCC. The van der Waals surface area contributed by atoms with Crippen molar-refractivity contribution >= 4 is 47.3 Å². The Hall–Kier alpha value is -6.22. The zero-order valence-corrected chi connectivity index (χ0v) is 37.6. The predicted molar refractivity (Wildman–Crippen MR) is 244 cm³/mol. The molecular formula is C49H61N5O10. The van der Waals surface area contributed by atoms with Gasteiger partial charge in [-0.3, -0.25) is 29.1 Å². The number of hydrogen-bond acceptors (Lipinski definition) is 11. The number of amides is 5. The molecule has 0 saturated carbocycles. The largest absolute Gasteiger partial charge is 0.493 e. The quantitative estimate of drug-likeness (QED) is 0.0949. The van der Waals surface area contributed by atoms with Gasteiger partial charge in [-0.05, 0) is 81.6 Å². The van der Waals surface area contributed by atoms with E-state index in [-0.39, 0.29) is 54.1 Å². The summed E-state index contributed by atoms with van der Waals surface area (Å²) >= 11 is 0. The number of unbranched alkanes of at least 4 members (excludes halogenated alkanes) is 4. The maximum atomic E-state index is 13.9. The lowest BCUT2D eigenvalue weighted by molar-refractivity contribution is -0.136.